The quantitative estimate of drug-likeness (QED) is 0.515. The van der Waals surface area contributed by atoms with E-state index < -0.39 is 23.4 Å². The van der Waals surface area contributed by atoms with Crippen LogP contribution in [0.2, 0.25) is 0 Å². The maximum absolute atomic E-state index is 11.7. The number of hydrogen-bond donors (Lipinski definition) is 1. The van der Waals surface area contributed by atoms with E-state index in [0.717, 1.165) is 0 Å². The zero-order chi connectivity index (χ0) is 16.1. The number of anilines is 1. The number of aryl methyl sites for hydroxylation is 1. The Labute approximate surface area is 124 Å². The summed E-state index contributed by atoms with van der Waals surface area (Å²) in [5, 5.41) is 13.0. The van der Waals surface area contributed by atoms with Crippen molar-refractivity contribution in [3.63, 3.8) is 0 Å². The minimum Gasteiger partial charge on any atom is -0.469 e. The Morgan fingerprint density at radius 3 is 2.77 bits per heavy atom. The highest BCUT2D eigenvalue weighted by Gasteiger charge is 2.15. The number of nitrogens with one attached hydrogen (secondary N) is 1. The van der Waals surface area contributed by atoms with Crippen molar-refractivity contribution >= 4 is 23.3 Å². The number of carbonyl (C=O) groups excluding carboxylic acids is 2. The summed E-state index contributed by atoms with van der Waals surface area (Å²) in [6, 6.07) is 6.88. The van der Waals surface area contributed by atoms with Gasteiger partial charge in [0.05, 0.1) is 11.2 Å². The lowest BCUT2D eigenvalue weighted by atomic mass is 10.2. The van der Waals surface area contributed by atoms with Gasteiger partial charge in [0.15, 0.2) is 6.61 Å². The number of esters is 1. The summed E-state index contributed by atoms with van der Waals surface area (Å²) in [6.07, 6.45) is 1.34. The molecule has 8 nitrogen and oxygen atoms in total. The second kappa shape index (κ2) is 6.53. The van der Waals surface area contributed by atoms with E-state index in [0.29, 0.717) is 5.76 Å². The molecule has 0 atom stereocenters. The molecule has 0 bridgehead atoms. The van der Waals surface area contributed by atoms with Crippen LogP contribution in [0.25, 0.3) is 0 Å². The van der Waals surface area contributed by atoms with Gasteiger partial charge >= 0.3 is 5.97 Å². The summed E-state index contributed by atoms with van der Waals surface area (Å²) >= 11 is 0. The van der Waals surface area contributed by atoms with Gasteiger partial charge in [-0.05, 0) is 19.1 Å². The summed E-state index contributed by atoms with van der Waals surface area (Å²) in [4.78, 5) is 33.4. The highest BCUT2D eigenvalue weighted by molar-refractivity contribution is 5.95. The van der Waals surface area contributed by atoms with Gasteiger partial charge in [-0.2, -0.15) is 0 Å². The van der Waals surface area contributed by atoms with Crippen molar-refractivity contribution in [1.82, 2.24) is 0 Å². The van der Waals surface area contributed by atoms with E-state index in [1.165, 1.54) is 36.6 Å². The molecular weight excluding hydrogens is 292 g/mol. The largest absolute Gasteiger partial charge is 0.469 e. The molecule has 2 rings (SSSR count). The molecule has 2 aromatic rings. The van der Waals surface area contributed by atoms with Crippen molar-refractivity contribution in [3.8, 4) is 0 Å². The second-order valence-corrected chi connectivity index (χ2v) is 4.32. The molecule has 1 aromatic carbocycles. The third-order valence-electron chi connectivity index (χ3n) is 2.75. The Bertz CT molecular complexity index is 722. The number of carbonyl (C=O) groups is 2. The van der Waals surface area contributed by atoms with Crippen molar-refractivity contribution in [3.05, 3.63) is 58.0 Å². The number of benzene rings is 1. The number of nitro groups is 1. The Morgan fingerprint density at radius 1 is 1.36 bits per heavy atom. The second-order valence-electron chi connectivity index (χ2n) is 4.32. The van der Waals surface area contributed by atoms with Gasteiger partial charge in [-0.15, -0.1) is 0 Å². The molecule has 0 saturated carbocycles. The van der Waals surface area contributed by atoms with Crippen LogP contribution in [0, 0.1) is 17.0 Å². The van der Waals surface area contributed by atoms with Crippen molar-refractivity contribution in [2.45, 2.75) is 6.92 Å². The molecule has 1 heterocycles. The average molecular weight is 304 g/mol. The molecule has 22 heavy (non-hydrogen) atoms. The van der Waals surface area contributed by atoms with Gasteiger partial charge in [0.2, 0.25) is 0 Å². The van der Waals surface area contributed by atoms with Crippen LogP contribution in [0.4, 0.5) is 11.4 Å². The molecule has 0 aliphatic rings. The molecule has 114 valence electrons. The molecule has 1 aromatic heterocycles. The van der Waals surface area contributed by atoms with Gasteiger partial charge in [-0.25, -0.2) is 4.79 Å². The number of furan rings is 1. The van der Waals surface area contributed by atoms with Gasteiger partial charge < -0.3 is 14.5 Å². The minimum atomic E-state index is -0.680. The fraction of sp³-hybridized carbons (Fsp3) is 0.143. The number of amides is 1. The standard InChI is InChI=1S/C14H12N2O6/c1-9-12(5-6-21-9)14(18)22-8-13(17)15-10-3-2-4-11(7-10)16(19)20/h2-7H,8H2,1H3,(H,15,17). The van der Waals surface area contributed by atoms with E-state index in [4.69, 9.17) is 9.15 Å². The summed E-state index contributed by atoms with van der Waals surface area (Å²) in [7, 11) is 0. The van der Waals surface area contributed by atoms with Gasteiger partial charge in [-0.3, -0.25) is 14.9 Å². The molecular formula is C14H12N2O6. The molecule has 0 unspecified atom stereocenters. The first-order valence-corrected chi connectivity index (χ1v) is 6.23. The predicted molar refractivity (Wildman–Crippen MR) is 75.5 cm³/mol. The lowest BCUT2D eigenvalue weighted by Gasteiger charge is -2.06. The lowest BCUT2D eigenvalue weighted by molar-refractivity contribution is -0.384. The lowest BCUT2D eigenvalue weighted by Crippen LogP contribution is -2.21. The van der Waals surface area contributed by atoms with E-state index >= 15 is 0 Å². The summed E-state index contributed by atoms with van der Waals surface area (Å²) < 4.78 is 9.79. The molecule has 0 radical (unpaired) electrons. The normalized spacial score (nSPS) is 10.0. The number of non-ortho nitro benzene ring substituents is 1. The van der Waals surface area contributed by atoms with Crippen LogP contribution in [0.3, 0.4) is 0 Å². The monoisotopic (exact) mass is 304 g/mol. The topological polar surface area (TPSA) is 112 Å². The molecule has 0 saturated heterocycles. The highest BCUT2D eigenvalue weighted by Crippen LogP contribution is 2.17. The molecule has 0 fully saturated rings. The zero-order valence-corrected chi connectivity index (χ0v) is 11.6. The maximum atomic E-state index is 11.7. The van der Waals surface area contributed by atoms with E-state index in [1.807, 2.05) is 0 Å². The first-order chi connectivity index (χ1) is 10.5. The number of nitro benzene ring substituents is 1. The van der Waals surface area contributed by atoms with Gasteiger partial charge in [0.25, 0.3) is 11.6 Å². The van der Waals surface area contributed by atoms with Crippen molar-refractivity contribution in [2.75, 3.05) is 11.9 Å². The Morgan fingerprint density at radius 2 is 2.14 bits per heavy atom. The first kappa shape index (κ1) is 15.2. The van der Waals surface area contributed by atoms with Crippen LogP contribution < -0.4 is 5.32 Å². The number of hydrogen-bond acceptors (Lipinski definition) is 6. The Balaban J connectivity index is 1.91. The molecule has 1 amide bonds. The van der Waals surface area contributed by atoms with Gasteiger partial charge in [0, 0.05) is 17.8 Å². The van der Waals surface area contributed by atoms with Crippen LogP contribution in [0.1, 0.15) is 16.1 Å². The highest BCUT2D eigenvalue weighted by atomic mass is 16.6. The van der Waals surface area contributed by atoms with E-state index in [2.05, 4.69) is 5.32 Å². The molecule has 0 aliphatic heterocycles. The van der Waals surface area contributed by atoms with Crippen molar-refractivity contribution in [1.29, 1.82) is 0 Å². The van der Waals surface area contributed by atoms with Crippen LogP contribution in [0.5, 0.6) is 0 Å². The summed E-state index contributed by atoms with van der Waals surface area (Å²) in [5.74, 6) is -0.889. The summed E-state index contributed by atoms with van der Waals surface area (Å²) in [6.45, 7) is 1.09. The van der Waals surface area contributed by atoms with Crippen LogP contribution in [0.15, 0.2) is 41.0 Å². The Hall–Kier alpha value is -3.16. The minimum absolute atomic E-state index is 0.149. The van der Waals surface area contributed by atoms with Gasteiger partial charge in [0.1, 0.15) is 11.3 Å². The maximum Gasteiger partial charge on any atom is 0.342 e. The Kier molecular flexibility index (Phi) is 4.52. The van der Waals surface area contributed by atoms with Crippen LogP contribution in [-0.2, 0) is 9.53 Å². The van der Waals surface area contributed by atoms with Gasteiger partial charge in [-0.1, -0.05) is 6.07 Å². The van der Waals surface area contributed by atoms with Crippen molar-refractivity contribution in [2.24, 2.45) is 0 Å². The number of rotatable bonds is 5. The predicted octanol–water partition coefficient (Wildman–Crippen LogP) is 2.29. The third-order valence-corrected chi connectivity index (χ3v) is 2.75. The average Bonchev–Trinajstić information content (AvgIpc) is 2.91. The smallest absolute Gasteiger partial charge is 0.342 e. The number of ether oxygens (including phenoxy) is 1. The molecule has 8 heteroatoms. The fourth-order valence-corrected chi connectivity index (χ4v) is 1.70. The zero-order valence-electron chi connectivity index (χ0n) is 11.6. The molecule has 1 N–H and O–H groups in total. The summed E-state index contributed by atoms with van der Waals surface area (Å²) in [5.41, 5.74) is 0.335. The van der Waals surface area contributed by atoms with E-state index in [9.17, 15) is 19.7 Å². The van der Waals surface area contributed by atoms with Crippen molar-refractivity contribution < 1.29 is 23.7 Å². The van der Waals surface area contributed by atoms with Crippen LogP contribution in [-0.4, -0.2) is 23.4 Å². The van der Waals surface area contributed by atoms with E-state index in [1.54, 1.807) is 6.92 Å². The first-order valence-electron chi connectivity index (χ1n) is 6.23. The molecule has 0 spiro atoms. The van der Waals surface area contributed by atoms with Crippen LogP contribution >= 0.6 is 0 Å². The number of nitrogens with zero attached hydrogens (tertiary/aromatic N) is 1. The van der Waals surface area contributed by atoms with E-state index in [-0.39, 0.29) is 16.9 Å². The molecule has 0 aliphatic carbocycles. The SMILES string of the molecule is Cc1occc1C(=O)OCC(=O)Nc1cccc([N+](=O)[O-])c1. The fourth-order valence-electron chi connectivity index (χ4n) is 1.70. The third kappa shape index (κ3) is 3.69.